The monoisotopic (exact) mass is 368 g/mol. The van der Waals surface area contributed by atoms with E-state index in [0.717, 1.165) is 56.2 Å². The van der Waals surface area contributed by atoms with Crippen LogP contribution in [0, 0.1) is 5.82 Å². The number of aryl methyl sites for hydroxylation is 2. The highest BCUT2D eigenvalue weighted by atomic mass is 19.1. The molecule has 1 fully saturated rings. The Bertz CT molecular complexity index is 1050. The number of halogens is 1. The molecule has 3 aromatic rings. The fourth-order valence-electron chi connectivity index (χ4n) is 4.28. The van der Waals surface area contributed by atoms with E-state index in [9.17, 15) is 9.18 Å². The summed E-state index contributed by atoms with van der Waals surface area (Å²) in [5, 5.41) is 7.95. The van der Waals surface area contributed by atoms with Crippen LogP contribution in [0.2, 0.25) is 0 Å². The number of anilines is 1. The number of aromatic nitrogens is 3. The topological polar surface area (TPSA) is 73.0 Å². The Morgan fingerprint density at radius 3 is 2.85 bits per heavy atom. The van der Waals surface area contributed by atoms with Crippen molar-refractivity contribution in [2.24, 2.45) is 0 Å². The minimum atomic E-state index is -0.335. The summed E-state index contributed by atoms with van der Waals surface area (Å²) in [6, 6.07) is 6.91. The number of fused-ring (bicyclic) bond motifs is 2. The largest absolute Gasteiger partial charge is 0.423 e. The standard InChI is InChI=1S/C20H21FN4O2/c21-13-4-9-17-18(11-13)27-20(23-17)22-14-5-7-15(8-6-14)25-19(26)10-12-2-1-3-16(12)24-25/h4,9-11,14-15H,1-3,5-8H2,(H,22,23). The summed E-state index contributed by atoms with van der Waals surface area (Å²) in [7, 11) is 0. The Morgan fingerprint density at radius 1 is 1.15 bits per heavy atom. The molecule has 0 saturated heterocycles. The Kier molecular flexibility index (Phi) is 3.95. The van der Waals surface area contributed by atoms with Gasteiger partial charge in [-0.3, -0.25) is 4.79 Å². The van der Waals surface area contributed by atoms with Crippen LogP contribution in [0.15, 0.2) is 33.5 Å². The van der Waals surface area contributed by atoms with Gasteiger partial charge in [-0.1, -0.05) is 0 Å². The quantitative estimate of drug-likeness (QED) is 0.765. The second kappa shape index (κ2) is 6.48. The van der Waals surface area contributed by atoms with E-state index in [2.05, 4.69) is 15.4 Å². The normalized spacial score (nSPS) is 22.1. The van der Waals surface area contributed by atoms with E-state index < -0.39 is 0 Å². The summed E-state index contributed by atoms with van der Waals surface area (Å²) < 4.78 is 20.6. The van der Waals surface area contributed by atoms with Crippen LogP contribution in [0.4, 0.5) is 10.4 Å². The zero-order valence-corrected chi connectivity index (χ0v) is 14.9. The van der Waals surface area contributed by atoms with Crippen LogP contribution in [0.5, 0.6) is 0 Å². The number of oxazole rings is 1. The highest BCUT2D eigenvalue weighted by Gasteiger charge is 2.26. The second-order valence-corrected chi connectivity index (χ2v) is 7.53. The van der Waals surface area contributed by atoms with Gasteiger partial charge in [-0.15, -0.1) is 0 Å². The van der Waals surface area contributed by atoms with Crippen molar-refractivity contribution < 1.29 is 8.81 Å². The molecule has 0 unspecified atom stereocenters. The molecule has 6 nitrogen and oxygen atoms in total. The van der Waals surface area contributed by atoms with Crippen molar-refractivity contribution in [1.82, 2.24) is 14.8 Å². The average molecular weight is 368 g/mol. The molecule has 0 spiro atoms. The van der Waals surface area contributed by atoms with Crippen molar-refractivity contribution in [2.75, 3.05) is 5.32 Å². The molecule has 0 amide bonds. The first-order valence-electron chi connectivity index (χ1n) is 9.60. The SMILES string of the molecule is O=c1cc2c(nn1C1CCC(Nc3nc4ccc(F)cc4o3)CC1)CCC2. The van der Waals surface area contributed by atoms with E-state index >= 15 is 0 Å². The minimum Gasteiger partial charge on any atom is -0.423 e. The molecule has 2 aliphatic rings. The molecule has 27 heavy (non-hydrogen) atoms. The van der Waals surface area contributed by atoms with Crippen LogP contribution >= 0.6 is 0 Å². The molecule has 1 saturated carbocycles. The van der Waals surface area contributed by atoms with Crippen molar-refractivity contribution >= 4 is 17.1 Å². The zero-order chi connectivity index (χ0) is 18.4. The number of rotatable bonds is 3. The third kappa shape index (κ3) is 3.11. The maximum absolute atomic E-state index is 13.3. The highest BCUT2D eigenvalue weighted by molar-refractivity contribution is 5.74. The van der Waals surface area contributed by atoms with Gasteiger partial charge in [0.05, 0.1) is 11.7 Å². The maximum Gasteiger partial charge on any atom is 0.295 e. The molecule has 2 aromatic heterocycles. The summed E-state index contributed by atoms with van der Waals surface area (Å²) in [6.07, 6.45) is 6.63. The van der Waals surface area contributed by atoms with Crippen LogP contribution in [0.3, 0.4) is 0 Å². The predicted molar refractivity (Wildman–Crippen MR) is 99.4 cm³/mol. The van der Waals surface area contributed by atoms with Crippen LogP contribution in [0.25, 0.3) is 11.1 Å². The lowest BCUT2D eigenvalue weighted by molar-refractivity contribution is 0.300. The second-order valence-electron chi connectivity index (χ2n) is 7.53. The lowest BCUT2D eigenvalue weighted by atomic mass is 9.91. The fraction of sp³-hybridized carbons (Fsp3) is 0.450. The molecule has 1 N–H and O–H groups in total. The van der Waals surface area contributed by atoms with Crippen LogP contribution in [-0.4, -0.2) is 20.8 Å². The Morgan fingerprint density at radius 2 is 2.00 bits per heavy atom. The number of hydrogen-bond donors (Lipinski definition) is 1. The van der Waals surface area contributed by atoms with Gasteiger partial charge in [0.2, 0.25) is 0 Å². The van der Waals surface area contributed by atoms with Crippen molar-refractivity contribution in [3.8, 4) is 0 Å². The van der Waals surface area contributed by atoms with E-state index in [-0.39, 0.29) is 23.5 Å². The van der Waals surface area contributed by atoms with Gasteiger partial charge >= 0.3 is 0 Å². The molecule has 140 valence electrons. The molecule has 5 rings (SSSR count). The average Bonchev–Trinajstić information content (AvgIpc) is 3.27. The van der Waals surface area contributed by atoms with Crippen molar-refractivity contribution in [3.05, 3.63) is 51.7 Å². The summed E-state index contributed by atoms with van der Waals surface area (Å²) in [5.41, 5.74) is 3.32. The maximum atomic E-state index is 13.3. The summed E-state index contributed by atoms with van der Waals surface area (Å²) in [4.78, 5) is 16.8. The van der Waals surface area contributed by atoms with Gasteiger partial charge in [0.25, 0.3) is 11.6 Å². The van der Waals surface area contributed by atoms with Gasteiger partial charge in [0.1, 0.15) is 11.3 Å². The smallest absolute Gasteiger partial charge is 0.295 e. The molecular weight excluding hydrogens is 347 g/mol. The molecule has 1 aromatic carbocycles. The lowest BCUT2D eigenvalue weighted by Gasteiger charge is -2.29. The Balaban J connectivity index is 1.27. The predicted octanol–water partition coefficient (Wildman–Crippen LogP) is 3.61. The summed E-state index contributed by atoms with van der Waals surface area (Å²) in [5.74, 6) is -0.335. The highest BCUT2D eigenvalue weighted by Crippen LogP contribution is 2.30. The van der Waals surface area contributed by atoms with Gasteiger partial charge < -0.3 is 9.73 Å². The third-order valence-corrected chi connectivity index (χ3v) is 5.70. The van der Waals surface area contributed by atoms with Crippen LogP contribution in [0.1, 0.15) is 49.4 Å². The molecular formula is C20H21FN4O2. The fourth-order valence-corrected chi connectivity index (χ4v) is 4.28. The van der Waals surface area contributed by atoms with Crippen LogP contribution < -0.4 is 10.9 Å². The summed E-state index contributed by atoms with van der Waals surface area (Å²) in [6.45, 7) is 0. The van der Waals surface area contributed by atoms with Gasteiger partial charge in [0.15, 0.2) is 5.58 Å². The molecule has 0 aliphatic heterocycles. The van der Waals surface area contributed by atoms with Gasteiger partial charge in [-0.2, -0.15) is 10.1 Å². The van der Waals surface area contributed by atoms with E-state index in [1.807, 2.05) is 0 Å². The minimum absolute atomic E-state index is 0.0213. The van der Waals surface area contributed by atoms with Gasteiger partial charge in [-0.05, 0) is 62.6 Å². The first-order chi connectivity index (χ1) is 13.2. The summed E-state index contributed by atoms with van der Waals surface area (Å²) >= 11 is 0. The Hall–Kier alpha value is -2.70. The molecule has 0 radical (unpaired) electrons. The number of hydrogen-bond acceptors (Lipinski definition) is 5. The first kappa shape index (κ1) is 16.5. The zero-order valence-electron chi connectivity index (χ0n) is 14.9. The van der Waals surface area contributed by atoms with E-state index in [1.165, 1.54) is 12.1 Å². The molecule has 0 atom stereocenters. The number of nitrogens with zero attached hydrogens (tertiary/aromatic N) is 3. The van der Waals surface area contributed by atoms with Gasteiger partial charge in [0, 0.05) is 18.2 Å². The van der Waals surface area contributed by atoms with Crippen molar-refractivity contribution in [1.29, 1.82) is 0 Å². The third-order valence-electron chi connectivity index (χ3n) is 5.70. The molecule has 2 aliphatic carbocycles. The van der Waals surface area contributed by atoms with E-state index in [4.69, 9.17) is 4.42 Å². The molecule has 7 heteroatoms. The first-order valence-corrected chi connectivity index (χ1v) is 9.60. The molecule has 0 bridgehead atoms. The van der Waals surface area contributed by atoms with E-state index in [0.29, 0.717) is 17.1 Å². The number of nitrogens with one attached hydrogen (secondary N) is 1. The molecule has 2 heterocycles. The van der Waals surface area contributed by atoms with Crippen LogP contribution in [-0.2, 0) is 12.8 Å². The lowest BCUT2D eigenvalue weighted by Crippen LogP contribution is -2.33. The van der Waals surface area contributed by atoms with E-state index in [1.54, 1.807) is 16.8 Å². The van der Waals surface area contributed by atoms with Gasteiger partial charge in [-0.25, -0.2) is 9.07 Å². The van der Waals surface area contributed by atoms with Crippen molar-refractivity contribution in [2.45, 2.75) is 57.0 Å². The Labute approximate surface area is 155 Å². The number of benzene rings is 1. The van der Waals surface area contributed by atoms with Crippen molar-refractivity contribution in [3.63, 3.8) is 0 Å².